The zero-order chi connectivity index (χ0) is 15.4. The summed E-state index contributed by atoms with van der Waals surface area (Å²) >= 11 is 6.06. The van der Waals surface area contributed by atoms with Crippen LogP contribution in [-0.2, 0) is 0 Å². The van der Waals surface area contributed by atoms with Crippen molar-refractivity contribution in [2.45, 2.75) is 19.4 Å². The normalized spacial score (nSPS) is 12.4. The van der Waals surface area contributed by atoms with Gasteiger partial charge in [0, 0.05) is 22.2 Å². The number of hydrogen-bond donors (Lipinski definition) is 1. The van der Waals surface area contributed by atoms with Crippen molar-refractivity contribution in [3.8, 4) is 0 Å². The van der Waals surface area contributed by atoms with Gasteiger partial charge < -0.3 is 5.32 Å². The van der Waals surface area contributed by atoms with E-state index < -0.39 is 23.5 Å². The average molecular weight is 314 g/mol. The van der Waals surface area contributed by atoms with E-state index in [1.54, 1.807) is 6.07 Å². The van der Waals surface area contributed by atoms with E-state index in [2.05, 4.69) is 5.32 Å². The van der Waals surface area contributed by atoms with E-state index in [-0.39, 0.29) is 16.1 Å². The predicted molar refractivity (Wildman–Crippen MR) is 77.9 cm³/mol. The Morgan fingerprint density at radius 3 is 2.48 bits per heavy atom. The van der Waals surface area contributed by atoms with Crippen LogP contribution in [0.15, 0.2) is 36.4 Å². The van der Waals surface area contributed by atoms with Crippen molar-refractivity contribution >= 4 is 11.6 Å². The summed E-state index contributed by atoms with van der Waals surface area (Å²) in [5.41, 5.74) is 0.329. The maximum Gasteiger partial charge on any atom is 0.131 e. The van der Waals surface area contributed by atoms with Gasteiger partial charge in [0.25, 0.3) is 0 Å². The van der Waals surface area contributed by atoms with Gasteiger partial charge >= 0.3 is 0 Å². The Labute approximate surface area is 126 Å². The second kappa shape index (κ2) is 6.96. The molecule has 0 spiro atoms. The second-order valence-electron chi connectivity index (χ2n) is 4.69. The van der Waals surface area contributed by atoms with Crippen molar-refractivity contribution < 1.29 is 13.2 Å². The molecule has 0 radical (unpaired) electrons. The van der Waals surface area contributed by atoms with Gasteiger partial charge in [-0.2, -0.15) is 0 Å². The number of rotatable bonds is 5. The van der Waals surface area contributed by atoms with Crippen LogP contribution in [0.1, 0.15) is 30.5 Å². The van der Waals surface area contributed by atoms with Crippen molar-refractivity contribution in [1.82, 2.24) is 5.32 Å². The zero-order valence-electron chi connectivity index (χ0n) is 11.5. The molecule has 2 rings (SSSR count). The molecule has 0 aromatic heterocycles. The summed E-state index contributed by atoms with van der Waals surface area (Å²) in [5, 5.41) is 3.26. The fourth-order valence-electron chi connectivity index (χ4n) is 2.18. The molecule has 0 heterocycles. The van der Waals surface area contributed by atoms with E-state index in [4.69, 9.17) is 11.6 Å². The molecular weight excluding hydrogens is 299 g/mol. The third-order valence-corrected chi connectivity index (χ3v) is 3.49. The molecule has 112 valence electrons. The quantitative estimate of drug-likeness (QED) is 0.832. The number of halogens is 4. The summed E-state index contributed by atoms with van der Waals surface area (Å²) in [4.78, 5) is 0. The van der Waals surface area contributed by atoms with Crippen LogP contribution in [-0.4, -0.2) is 6.54 Å². The molecule has 1 unspecified atom stereocenters. The Hall–Kier alpha value is -1.52. The first-order valence-electron chi connectivity index (χ1n) is 6.66. The van der Waals surface area contributed by atoms with Gasteiger partial charge in [0.2, 0.25) is 0 Å². The molecule has 0 aliphatic carbocycles. The van der Waals surface area contributed by atoms with Crippen LogP contribution in [0.5, 0.6) is 0 Å². The number of benzene rings is 2. The third kappa shape index (κ3) is 3.57. The Bertz CT molecular complexity index is 611. The van der Waals surface area contributed by atoms with Crippen LogP contribution < -0.4 is 5.32 Å². The van der Waals surface area contributed by atoms with Gasteiger partial charge in [0.05, 0.1) is 6.04 Å². The topological polar surface area (TPSA) is 12.0 Å². The molecule has 1 atom stereocenters. The second-order valence-corrected chi connectivity index (χ2v) is 5.10. The summed E-state index contributed by atoms with van der Waals surface area (Å²) in [5.74, 6) is -1.94. The minimum atomic E-state index is -0.765. The molecule has 0 aliphatic heterocycles. The molecule has 0 amide bonds. The first-order valence-corrected chi connectivity index (χ1v) is 7.04. The van der Waals surface area contributed by atoms with Gasteiger partial charge in [0.15, 0.2) is 0 Å². The van der Waals surface area contributed by atoms with Crippen LogP contribution in [0.4, 0.5) is 13.2 Å². The van der Waals surface area contributed by atoms with E-state index in [9.17, 15) is 13.2 Å². The van der Waals surface area contributed by atoms with Crippen molar-refractivity contribution in [3.05, 3.63) is 70.0 Å². The van der Waals surface area contributed by atoms with Crippen molar-refractivity contribution in [2.75, 3.05) is 6.54 Å². The molecule has 1 N–H and O–H groups in total. The highest BCUT2D eigenvalue weighted by Gasteiger charge is 2.23. The standard InChI is InChI=1S/C16H15ClF3N/c1-2-8-21-16(11-7-6-10(18)9-14(11)20)15-12(17)4-3-5-13(15)19/h3-7,9,16,21H,2,8H2,1H3. The van der Waals surface area contributed by atoms with E-state index in [1.165, 1.54) is 18.2 Å². The monoisotopic (exact) mass is 313 g/mol. The SMILES string of the molecule is CCCNC(c1ccc(F)cc1F)c1c(F)cccc1Cl. The highest BCUT2D eigenvalue weighted by Crippen LogP contribution is 2.32. The predicted octanol–water partition coefficient (Wildman–Crippen LogP) is 4.85. The Kier molecular flexibility index (Phi) is 5.26. The van der Waals surface area contributed by atoms with Gasteiger partial charge in [-0.1, -0.05) is 30.7 Å². The Balaban J connectivity index is 2.52. The number of nitrogens with one attached hydrogen (secondary N) is 1. The van der Waals surface area contributed by atoms with E-state index >= 15 is 0 Å². The summed E-state index contributed by atoms with van der Waals surface area (Å²) in [6, 6.07) is 6.77. The molecule has 5 heteroatoms. The minimum Gasteiger partial charge on any atom is -0.306 e. The van der Waals surface area contributed by atoms with Gasteiger partial charge in [-0.15, -0.1) is 0 Å². The molecule has 2 aromatic carbocycles. The largest absolute Gasteiger partial charge is 0.306 e. The fourth-order valence-corrected chi connectivity index (χ4v) is 2.45. The van der Waals surface area contributed by atoms with Crippen LogP contribution in [0.25, 0.3) is 0 Å². The lowest BCUT2D eigenvalue weighted by molar-refractivity contribution is 0.513. The van der Waals surface area contributed by atoms with Gasteiger partial charge in [-0.05, 0) is 31.2 Å². The molecule has 2 aromatic rings. The van der Waals surface area contributed by atoms with Crippen molar-refractivity contribution in [3.63, 3.8) is 0 Å². The smallest absolute Gasteiger partial charge is 0.131 e. The van der Waals surface area contributed by atoms with Crippen LogP contribution in [0, 0.1) is 17.5 Å². The van der Waals surface area contributed by atoms with Crippen molar-refractivity contribution in [1.29, 1.82) is 0 Å². The van der Waals surface area contributed by atoms with Gasteiger partial charge in [0.1, 0.15) is 17.5 Å². The van der Waals surface area contributed by atoms with E-state index in [0.29, 0.717) is 6.54 Å². The molecule has 0 saturated carbocycles. The molecule has 21 heavy (non-hydrogen) atoms. The first kappa shape index (κ1) is 15.9. The van der Waals surface area contributed by atoms with E-state index in [0.717, 1.165) is 18.6 Å². The van der Waals surface area contributed by atoms with E-state index in [1.807, 2.05) is 6.92 Å². The molecule has 1 nitrogen and oxygen atoms in total. The first-order chi connectivity index (χ1) is 10.0. The zero-order valence-corrected chi connectivity index (χ0v) is 12.2. The highest BCUT2D eigenvalue weighted by atomic mass is 35.5. The molecule has 0 aliphatic rings. The maximum atomic E-state index is 14.1. The summed E-state index contributed by atoms with van der Waals surface area (Å²) in [6.07, 6.45) is 0.783. The maximum absolute atomic E-state index is 14.1. The third-order valence-electron chi connectivity index (χ3n) is 3.16. The van der Waals surface area contributed by atoms with Gasteiger partial charge in [-0.25, -0.2) is 13.2 Å². The molecule has 0 fully saturated rings. The average Bonchev–Trinajstić information content (AvgIpc) is 2.43. The lowest BCUT2D eigenvalue weighted by Gasteiger charge is -2.22. The van der Waals surface area contributed by atoms with Gasteiger partial charge in [-0.3, -0.25) is 0 Å². The minimum absolute atomic E-state index is 0.164. The lowest BCUT2D eigenvalue weighted by atomic mass is 9.97. The van der Waals surface area contributed by atoms with Crippen LogP contribution in [0.3, 0.4) is 0 Å². The summed E-state index contributed by atoms with van der Waals surface area (Å²) < 4.78 is 41.2. The molecular formula is C16H15ClF3N. The lowest BCUT2D eigenvalue weighted by Crippen LogP contribution is -2.25. The van der Waals surface area contributed by atoms with Crippen LogP contribution >= 0.6 is 11.6 Å². The Morgan fingerprint density at radius 2 is 1.86 bits per heavy atom. The fraction of sp³-hybridized carbons (Fsp3) is 0.250. The molecule has 0 saturated heterocycles. The highest BCUT2D eigenvalue weighted by molar-refractivity contribution is 6.31. The summed E-state index contributed by atoms with van der Waals surface area (Å²) in [7, 11) is 0. The molecule has 0 bridgehead atoms. The Morgan fingerprint density at radius 1 is 1.10 bits per heavy atom. The summed E-state index contributed by atoms with van der Waals surface area (Å²) in [6.45, 7) is 2.49. The number of hydrogen-bond acceptors (Lipinski definition) is 1. The van der Waals surface area contributed by atoms with Crippen LogP contribution in [0.2, 0.25) is 5.02 Å². The van der Waals surface area contributed by atoms with Crippen molar-refractivity contribution in [2.24, 2.45) is 0 Å².